The summed E-state index contributed by atoms with van der Waals surface area (Å²) >= 11 is 5.96. The Hall–Kier alpha value is -3.84. The van der Waals surface area contributed by atoms with E-state index < -0.39 is 0 Å². The minimum atomic E-state index is -0.209. The van der Waals surface area contributed by atoms with E-state index in [9.17, 15) is 20.4 Å². The van der Waals surface area contributed by atoms with Gasteiger partial charge in [-0.15, -0.1) is 0 Å². The maximum atomic E-state index is 10.2. The van der Waals surface area contributed by atoms with Gasteiger partial charge in [0.25, 0.3) is 0 Å². The zero-order chi connectivity index (χ0) is 20.5. The van der Waals surface area contributed by atoms with Crippen LogP contribution < -0.4 is 0 Å². The number of halogens is 1. The smallest absolute Gasteiger partial charge is 0.167 e. The third kappa shape index (κ3) is 3.76. The molecule has 0 bridgehead atoms. The van der Waals surface area contributed by atoms with Crippen molar-refractivity contribution in [3.63, 3.8) is 0 Å². The molecule has 0 saturated carbocycles. The molecule has 4 rings (SSSR count). The molecular weight excluding hydrogens is 394 g/mol. The van der Waals surface area contributed by atoms with Gasteiger partial charge in [-0.2, -0.15) is 0 Å². The average Bonchev–Trinajstić information content (AvgIpc) is 2.68. The highest BCUT2D eigenvalue weighted by atomic mass is 35.5. The Balaban J connectivity index is 1.95. The summed E-state index contributed by atoms with van der Waals surface area (Å²) < 4.78 is 0. The van der Waals surface area contributed by atoms with Crippen LogP contribution in [0, 0.1) is 0 Å². The van der Waals surface area contributed by atoms with Crippen molar-refractivity contribution >= 4 is 11.6 Å². The molecule has 3 aromatic carbocycles. The fourth-order valence-corrected chi connectivity index (χ4v) is 2.89. The minimum Gasteiger partial charge on any atom is -0.508 e. The summed E-state index contributed by atoms with van der Waals surface area (Å²) in [6, 6.07) is 15.0. The minimum absolute atomic E-state index is 0.102. The molecule has 4 aromatic rings. The van der Waals surface area contributed by atoms with Gasteiger partial charge in [0.05, 0.1) is 11.1 Å². The van der Waals surface area contributed by atoms with Gasteiger partial charge in [0.2, 0.25) is 0 Å². The number of benzene rings is 3. The van der Waals surface area contributed by atoms with Crippen LogP contribution in [0.15, 0.2) is 60.7 Å². The number of hydrogen-bond acceptors (Lipinski definition) is 7. The van der Waals surface area contributed by atoms with Crippen molar-refractivity contribution in [2.24, 2.45) is 0 Å². The molecule has 4 N–H and O–H groups in total. The van der Waals surface area contributed by atoms with Crippen molar-refractivity contribution in [2.45, 2.75) is 0 Å². The summed E-state index contributed by atoms with van der Waals surface area (Å²) in [5, 5.41) is 40.1. The van der Waals surface area contributed by atoms with Crippen LogP contribution in [0.4, 0.5) is 0 Å². The third-order valence-electron chi connectivity index (χ3n) is 4.18. The van der Waals surface area contributed by atoms with Crippen LogP contribution in [0.5, 0.6) is 23.0 Å². The highest BCUT2D eigenvalue weighted by molar-refractivity contribution is 6.30. The van der Waals surface area contributed by atoms with Crippen LogP contribution in [-0.4, -0.2) is 35.4 Å². The van der Waals surface area contributed by atoms with E-state index in [0.717, 1.165) is 0 Å². The van der Waals surface area contributed by atoms with Crippen LogP contribution >= 0.6 is 11.6 Å². The molecule has 29 heavy (non-hydrogen) atoms. The molecule has 0 spiro atoms. The quantitative estimate of drug-likeness (QED) is 0.398. The lowest BCUT2D eigenvalue weighted by molar-refractivity contribution is 0.451. The third-order valence-corrected chi connectivity index (χ3v) is 4.43. The molecule has 0 aliphatic carbocycles. The molecule has 0 amide bonds. The molecule has 0 saturated heterocycles. The van der Waals surface area contributed by atoms with Crippen molar-refractivity contribution in [3.05, 3.63) is 65.7 Å². The summed E-state index contributed by atoms with van der Waals surface area (Å²) in [6.07, 6.45) is 0. The second kappa shape index (κ2) is 7.29. The molecular formula is C21H14ClN3O4. The standard InChI is InChI=1S/C21H14ClN3O4/c22-12-3-1-11(2-4-12)19-23-20(15-7-5-13(26)9-17(15)28)25-21(24-19)16-8-6-14(27)10-18(16)29/h1-10,26-29H. The molecule has 1 aromatic heterocycles. The normalized spacial score (nSPS) is 10.8. The van der Waals surface area contributed by atoms with Gasteiger partial charge >= 0.3 is 0 Å². The maximum Gasteiger partial charge on any atom is 0.167 e. The lowest BCUT2D eigenvalue weighted by Gasteiger charge is -2.10. The first-order chi connectivity index (χ1) is 13.9. The number of rotatable bonds is 3. The second-order valence-corrected chi connectivity index (χ2v) is 6.65. The van der Waals surface area contributed by atoms with Gasteiger partial charge in [0.15, 0.2) is 17.5 Å². The van der Waals surface area contributed by atoms with Gasteiger partial charge in [-0.3, -0.25) is 0 Å². The monoisotopic (exact) mass is 407 g/mol. The van der Waals surface area contributed by atoms with Crippen molar-refractivity contribution in [3.8, 4) is 57.2 Å². The SMILES string of the molecule is Oc1ccc(-c2nc(-c3ccc(Cl)cc3)nc(-c3ccc(O)cc3O)n2)c(O)c1. The van der Waals surface area contributed by atoms with Crippen molar-refractivity contribution < 1.29 is 20.4 Å². The maximum absolute atomic E-state index is 10.2. The Labute approximate surface area is 170 Å². The Bertz CT molecular complexity index is 1140. The zero-order valence-corrected chi connectivity index (χ0v) is 15.5. The summed E-state index contributed by atoms with van der Waals surface area (Å²) in [6.45, 7) is 0. The number of hydrogen-bond donors (Lipinski definition) is 4. The molecule has 8 heteroatoms. The first kappa shape index (κ1) is 18.5. The summed E-state index contributed by atoms with van der Waals surface area (Å²) in [5.41, 5.74) is 1.20. The fourth-order valence-electron chi connectivity index (χ4n) is 2.76. The summed E-state index contributed by atoms with van der Waals surface area (Å²) in [7, 11) is 0. The van der Waals surface area contributed by atoms with Gasteiger partial charge in [0, 0.05) is 22.7 Å². The predicted octanol–water partition coefficient (Wildman–Crippen LogP) is 4.35. The number of nitrogens with zero attached hydrogens (tertiary/aromatic N) is 3. The van der Waals surface area contributed by atoms with Gasteiger partial charge in [-0.05, 0) is 48.5 Å². The molecule has 0 aliphatic rings. The predicted molar refractivity (Wildman–Crippen MR) is 108 cm³/mol. The zero-order valence-electron chi connectivity index (χ0n) is 14.8. The van der Waals surface area contributed by atoms with E-state index in [4.69, 9.17) is 11.6 Å². The average molecular weight is 408 g/mol. The Morgan fingerprint density at radius 3 is 1.45 bits per heavy atom. The number of phenols is 4. The van der Waals surface area contributed by atoms with Crippen LogP contribution in [0.1, 0.15) is 0 Å². The molecule has 0 aliphatic heterocycles. The first-order valence-corrected chi connectivity index (χ1v) is 8.85. The lowest BCUT2D eigenvalue weighted by atomic mass is 10.1. The molecule has 144 valence electrons. The molecule has 1 heterocycles. The van der Waals surface area contributed by atoms with Gasteiger partial charge in [-0.25, -0.2) is 15.0 Å². The lowest BCUT2D eigenvalue weighted by Crippen LogP contribution is -2.00. The highest BCUT2D eigenvalue weighted by Crippen LogP contribution is 2.35. The van der Waals surface area contributed by atoms with E-state index in [-0.39, 0.29) is 45.8 Å². The van der Waals surface area contributed by atoms with Crippen LogP contribution in [0.3, 0.4) is 0 Å². The summed E-state index contributed by atoms with van der Waals surface area (Å²) in [4.78, 5) is 13.2. The first-order valence-electron chi connectivity index (χ1n) is 8.47. The highest BCUT2D eigenvalue weighted by Gasteiger charge is 2.17. The van der Waals surface area contributed by atoms with Gasteiger partial charge < -0.3 is 20.4 Å². The van der Waals surface area contributed by atoms with Crippen LogP contribution in [-0.2, 0) is 0 Å². The van der Waals surface area contributed by atoms with Gasteiger partial charge in [-0.1, -0.05) is 11.6 Å². The molecule has 0 unspecified atom stereocenters. The van der Waals surface area contributed by atoms with E-state index in [0.29, 0.717) is 16.4 Å². The number of aromatic nitrogens is 3. The van der Waals surface area contributed by atoms with E-state index in [1.165, 1.54) is 36.4 Å². The van der Waals surface area contributed by atoms with E-state index in [1.54, 1.807) is 24.3 Å². The molecule has 0 radical (unpaired) electrons. The van der Waals surface area contributed by atoms with E-state index >= 15 is 0 Å². The van der Waals surface area contributed by atoms with Gasteiger partial charge in [0.1, 0.15) is 23.0 Å². The Morgan fingerprint density at radius 2 is 1.00 bits per heavy atom. The largest absolute Gasteiger partial charge is 0.508 e. The van der Waals surface area contributed by atoms with E-state index in [1.807, 2.05) is 0 Å². The van der Waals surface area contributed by atoms with E-state index in [2.05, 4.69) is 15.0 Å². The Kier molecular flexibility index (Phi) is 4.66. The van der Waals surface area contributed by atoms with Crippen molar-refractivity contribution in [1.82, 2.24) is 15.0 Å². The fraction of sp³-hybridized carbons (Fsp3) is 0. The molecule has 0 atom stereocenters. The molecule has 7 nitrogen and oxygen atoms in total. The van der Waals surface area contributed by atoms with Crippen molar-refractivity contribution in [2.75, 3.05) is 0 Å². The molecule has 0 fully saturated rings. The van der Waals surface area contributed by atoms with Crippen LogP contribution in [0.25, 0.3) is 34.2 Å². The second-order valence-electron chi connectivity index (χ2n) is 6.22. The number of phenolic OH excluding ortho intramolecular Hbond substituents is 4. The van der Waals surface area contributed by atoms with Crippen LogP contribution in [0.2, 0.25) is 5.02 Å². The number of aromatic hydroxyl groups is 4. The topological polar surface area (TPSA) is 120 Å². The van der Waals surface area contributed by atoms with Crippen molar-refractivity contribution in [1.29, 1.82) is 0 Å². The summed E-state index contributed by atoms with van der Waals surface area (Å²) in [5.74, 6) is -0.0426. The Morgan fingerprint density at radius 1 is 0.552 bits per heavy atom.